The number of allylic oxidation sites excluding steroid dienone is 2. The summed E-state index contributed by atoms with van der Waals surface area (Å²) in [6, 6.07) is 21.5. The van der Waals surface area contributed by atoms with E-state index in [4.69, 9.17) is 9.98 Å². The number of hydrogen-bond acceptors (Lipinski definition) is 2. The lowest BCUT2D eigenvalue weighted by Crippen LogP contribution is -2.28. The van der Waals surface area contributed by atoms with Crippen LogP contribution in [0, 0.1) is 0 Å². The average Bonchev–Trinajstić information content (AvgIpc) is 3.29. The summed E-state index contributed by atoms with van der Waals surface area (Å²) in [5, 5.41) is 0. The summed E-state index contributed by atoms with van der Waals surface area (Å²) in [4.78, 5) is 9.44. The Morgan fingerprint density at radius 2 is 1.46 bits per heavy atom. The quantitative estimate of drug-likeness (QED) is 0.518. The summed E-state index contributed by atoms with van der Waals surface area (Å²) in [5.74, 6) is 0.897. The average molecular weight is 336 g/mol. The van der Waals surface area contributed by atoms with Crippen LogP contribution in [0.1, 0.15) is 25.3 Å². The second-order valence-corrected chi connectivity index (χ2v) is 7.20. The highest BCUT2D eigenvalue weighted by molar-refractivity contribution is 6.00. The summed E-state index contributed by atoms with van der Waals surface area (Å²) in [6.45, 7) is 2.14. The van der Waals surface area contributed by atoms with E-state index in [-0.39, 0.29) is 5.41 Å². The fourth-order valence-corrected chi connectivity index (χ4v) is 4.19. The van der Waals surface area contributed by atoms with Crippen molar-refractivity contribution in [2.24, 2.45) is 4.99 Å². The molecule has 1 spiro atoms. The van der Waals surface area contributed by atoms with Crippen LogP contribution in [0.25, 0.3) is 22.3 Å². The minimum absolute atomic E-state index is 0.0371. The fourth-order valence-electron chi connectivity index (χ4n) is 4.19. The molecule has 2 aliphatic rings. The SMILES string of the molecule is CC1=Nc2ncc(-c3cccc(-c4ccccc4)c3)cc2C12CC=CC2. The van der Waals surface area contributed by atoms with Gasteiger partial charge in [0, 0.05) is 28.5 Å². The van der Waals surface area contributed by atoms with Crippen LogP contribution in [0.4, 0.5) is 5.82 Å². The van der Waals surface area contributed by atoms with Gasteiger partial charge in [-0.1, -0.05) is 60.7 Å². The first kappa shape index (κ1) is 15.3. The predicted molar refractivity (Wildman–Crippen MR) is 108 cm³/mol. The van der Waals surface area contributed by atoms with Gasteiger partial charge in [0.25, 0.3) is 0 Å². The van der Waals surface area contributed by atoms with Crippen molar-refractivity contribution >= 4 is 11.5 Å². The minimum Gasteiger partial charge on any atom is -0.237 e. The van der Waals surface area contributed by atoms with Gasteiger partial charge in [0.05, 0.1) is 0 Å². The summed E-state index contributed by atoms with van der Waals surface area (Å²) in [5.41, 5.74) is 7.34. The maximum atomic E-state index is 4.75. The summed E-state index contributed by atoms with van der Waals surface area (Å²) in [6.07, 6.45) is 8.57. The van der Waals surface area contributed by atoms with E-state index in [9.17, 15) is 0 Å². The van der Waals surface area contributed by atoms with Crippen molar-refractivity contribution in [3.63, 3.8) is 0 Å². The van der Waals surface area contributed by atoms with Gasteiger partial charge < -0.3 is 0 Å². The van der Waals surface area contributed by atoms with Gasteiger partial charge in [0.1, 0.15) is 0 Å². The van der Waals surface area contributed by atoms with Crippen molar-refractivity contribution in [3.05, 3.63) is 84.6 Å². The lowest BCUT2D eigenvalue weighted by molar-refractivity contribution is 0.634. The number of pyridine rings is 1. The first-order valence-electron chi connectivity index (χ1n) is 9.13. The zero-order valence-electron chi connectivity index (χ0n) is 14.8. The predicted octanol–water partition coefficient (Wildman–Crippen LogP) is 6.11. The molecule has 3 aromatic rings. The fraction of sp³-hybridized carbons (Fsp3) is 0.167. The molecule has 1 aliphatic heterocycles. The van der Waals surface area contributed by atoms with Crippen molar-refractivity contribution in [2.75, 3.05) is 0 Å². The highest BCUT2D eigenvalue weighted by atomic mass is 15.0. The molecule has 1 aromatic heterocycles. The topological polar surface area (TPSA) is 25.2 Å². The molecule has 0 radical (unpaired) electrons. The third-order valence-corrected chi connectivity index (χ3v) is 5.75. The van der Waals surface area contributed by atoms with E-state index in [0.717, 1.165) is 24.2 Å². The minimum atomic E-state index is 0.0371. The van der Waals surface area contributed by atoms with Crippen molar-refractivity contribution < 1.29 is 0 Å². The number of hydrogen-bond donors (Lipinski definition) is 0. The molecule has 0 unspecified atom stereocenters. The van der Waals surface area contributed by atoms with Crippen LogP contribution in [-0.4, -0.2) is 10.7 Å². The smallest absolute Gasteiger partial charge is 0.155 e. The van der Waals surface area contributed by atoms with Gasteiger partial charge in [0.15, 0.2) is 5.82 Å². The highest BCUT2D eigenvalue weighted by Crippen LogP contribution is 2.48. The first-order chi connectivity index (χ1) is 12.8. The standard InChI is InChI=1S/C24H20N2/c1-17-24(12-5-6-13-24)22-15-21(16-25-23(22)26-17)20-11-7-10-19(14-20)18-8-3-2-4-9-18/h2-11,14-16H,12-13H2,1H3. The highest BCUT2D eigenvalue weighted by Gasteiger charge is 2.42. The normalized spacial score (nSPS) is 16.7. The number of aliphatic imine (C=N–C) groups is 1. The van der Waals surface area contributed by atoms with Gasteiger partial charge in [-0.05, 0) is 48.6 Å². The molecule has 2 aromatic carbocycles. The summed E-state index contributed by atoms with van der Waals surface area (Å²) < 4.78 is 0. The monoisotopic (exact) mass is 336 g/mol. The Hall–Kier alpha value is -3.00. The Balaban J connectivity index is 1.59. The molecule has 0 atom stereocenters. The molecule has 2 nitrogen and oxygen atoms in total. The Kier molecular flexibility index (Phi) is 3.39. The van der Waals surface area contributed by atoms with Gasteiger partial charge in [-0.3, -0.25) is 0 Å². The van der Waals surface area contributed by atoms with Gasteiger partial charge in [-0.15, -0.1) is 0 Å². The molecule has 0 amide bonds. The summed E-state index contributed by atoms with van der Waals surface area (Å²) in [7, 11) is 0. The van der Waals surface area contributed by atoms with Crippen molar-refractivity contribution in [3.8, 4) is 22.3 Å². The zero-order chi connectivity index (χ0) is 17.6. The lowest BCUT2D eigenvalue weighted by atomic mass is 9.76. The zero-order valence-corrected chi connectivity index (χ0v) is 14.8. The second kappa shape index (κ2) is 5.77. The van der Waals surface area contributed by atoms with Crippen molar-refractivity contribution in [1.82, 2.24) is 4.98 Å². The Morgan fingerprint density at radius 1 is 0.769 bits per heavy atom. The van der Waals surface area contributed by atoms with Gasteiger partial charge >= 0.3 is 0 Å². The van der Waals surface area contributed by atoms with Crippen LogP contribution >= 0.6 is 0 Å². The van der Waals surface area contributed by atoms with Gasteiger partial charge in [0.2, 0.25) is 0 Å². The third kappa shape index (κ3) is 2.26. The van der Waals surface area contributed by atoms with Crippen LogP contribution in [0.3, 0.4) is 0 Å². The van der Waals surface area contributed by atoms with E-state index in [0.29, 0.717) is 0 Å². The molecular weight excluding hydrogens is 316 g/mol. The van der Waals surface area contributed by atoms with Crippen LogP contribution in [0.15, 0.2) is 84.0 Å². The molecule has 0 fully saturated rings. The molecule has 0 bridgehead atoms. The molecule has 0 saturated carbocycles. The summed E-state index contributed by atoms with van der Waals surface area (Å²) >= 11 is 0. The van der Waals surface area contributed by atoms with Crippen molar-refractivity contribution in [1.29, 1.82) is 0 Å². The van der Waals surface area contributed by atoms with E-state index in [1.165, 1.54) is 28.0 Å². The second-order valence-electron chi connectivity index (χ2n) is 7.20. The number of fused-ring (bicyclic) bond motifs is 2. The van der Waals surface area contributed by atoms with Crippen molar-refractivity contribution in [2.45, 2.75) is 25.2 Å². The maximum absolute atomic E-state index is 4.75. The largest absolute Gasteiger partial charge is 0.237 e. The van der Waals surface area contributed by atoms with Gasteiger partial charge in [-0.25, -0.2) is 9.98 Å². The third-order valence-electron chi connectivity index (χ3n) is 5.75. The Bertz CT molecular complexity index is 1040. The molecule has 126 valence electrons. The number of aromatic nitrogens is 1. The number of rotatable bonds is 2. The Morgan fingerprint density at radius 3 is 2.23 bits per heavy atom. The van der Waals surface area contributed by atoms with Crippen LogP contribution in [-0.2, 0) is 5.41 Å². The number of benzene rings is 2. The van der Waals surface area contributed by atoms with E-state index in [2.05, 4.69) is 79.7 Å². The molecule has 0 saturated heterocycles. The molecule has 5 rings (SSSR count). The first-order valence-corrected chi connectivity index (χ1v) is 9.13. The van der Waals surface area contributed by atoms with E-state index in [1.807, 2.05) is 6.20 Å². The van der Waals surface area contributed by atoms with Crippen LogP contribution < -0.4 is 0 Å². The number of nitrogens with zero attached hydrogens (tertiary/aromatic N) is 2. The van der Waals surface area contributed by atoms with E-state index >= 15 is 0 Å². The van der Waals surface area contributed by atoms with E-state index < -0.39 is 0 Å². The molecular formula is C24H20N2. The van der Waals surface area contributed by atoms with E-state index in [1.54, 1.807) is 0 Å². The van der Waals surface area contributed by atoms with Crippen LogP contribution in [0.5, 0.6) is 0 Å². The molecule has 1 aliphatic carbocycles. The molecule has 2 heterocycles. The maximum Gasteiger partial charge on any atom is 0.155 e. The molecule has 26 heavy (non-hydrogen) atoms. The van der Waals surface area contributed by atoms with Gasteiger partial charge in [-0.2, -0.15) is 0 Å². The lowest BCUT2D eigenvalue weighted by Gasteiger charge is -2.25. The molecule has 2 heteroatoms. The molecule has 0 N–H and O–H groups in total. The van der Waals surface area contributed by atoms with Crippen LogP contribution in [0.2, 0.25) is 0 Å². The Labute approximate surface area is 154 Å².